The highest BCUT2D eigenvalue weighted by molar-refractivity contribution is 9.11. The van der Waals surface area contributed by atoms with E-state index in [1.165, 1.54) is 16.9 Å². The summed E-state index contributed by atoms with van der Waals surface area (Å²) in [6.07, 6.45) is 1.80. The predicted octanol–water partition coefficient (Wildman–Crippen LogP) is 4.84. The Hall–Kier alpha value is -1.39. The lowest BCUT2D eigenvalue weighted by atomic mass is 10.1. The number of hydrogen-bond acceptors (Lipinski definition) is 2. The van der Waals surface area contributed by atoms with Crippen molar-refractivity contribution in [2.24, 2.45) is 0 Å². The number of aromatic amines is 1. The zero-order chi connectivity index (χ0) is 13.6. The molecule has 0 unspecified atom stereocenters. The molecule has 0 spiro atoms. The van der Waals surface area contributed by atoms with Crippen LogP contribution in [0.25, 0.3) is 10.9 Å². The van der Waals surface area contributed by atoms with Crippen molar-refractivity contribution in [3.05, 3.63) is 55.8 Å². The third kappa shape index (κ3) is 2.15. The molecule has 0 aliphatic heterocycles. The molecule has 2 aromatic heterocycles. The number of benzene rings is 1. The molecule has 0 aliphatic rings. The van der Waals surface area contributed by atoms with Crippen molar-refractivity contribution in [3.63, 3.8) is 0 Å². The minimum atomic E-state index is 0.0777. The van der Waals surface area contributed by atoms with Gasteiger partial charge in [0.2, 0.25) is 5.78 Å². The molecular formula is C15H12BrNOS. The fourth-order valence-electron chi connectivity index (χ4n) is 2.13. The van der Waals surface area contributed by atoms with Gasteiger partial charge in [-0.15, -0.1) is 11.3 Å². The predicted molar refractivity (Wildman–Crippen MR) is 83.2 cm³/mol. The Morgan fingerprint density at radius 2 is 2.05 bits per heavy atom. The van der Waals surface area contributed by atoms with Crippen molar-refractivity contribution >= 4 is 44.0 Å². The Balaban J connectivity index is 2.11. The van der Waals surface area contributed by atoms with E-state index in [9.17, 15) is 4.79 Å². The van der Waals surface area contributed by atoms with Crippen molar-refractivity contribution < 1.29 is 4.79 Å². The number of nitrogens with one attached hydrogen (secondary N) is 1. The molecule has 1 aromatic carbocycles. The van der Waals surface area contributed by atoms with Crippen LogP contribution in [-0.4, -0.2) is 10.8 Å². The molecule has 0 radical (unpaired) electrons. The number of ketones is 1. The van der Waals surface area contributed by atoms with E-state index in [1.807, 2.05) is 32.0 Å². The van der Waals surface area contributed by atoms with Crippen LogP contribution >= 0.6 is 27.3 Å². The van der Waals surface area contributed by atoms with Gasteiger partial charge in [-0.1, -0.05) is 12.1 Å². The highest BCUT2D eigenvalue weighted by Crippen LogP contribution is 2.30. The molecule has 3 rings (SSSR count). The second-order valence-electron chi connectivity index (χ2n) is 4.65. The lowest BCUT2D eigenvalue weighted by Crippen LogP contribution is -1.96. The highest BCUT2D eigenvalue weighted by atomic mass is 79.9. The van der Waals surface area contributed by atoms with Gasteiger partial charge in [0.05, 0.1) is 8.66 Å². The minimum absolute atomic E-state index is 0.0777. The number of thiophene rings is 1. The van der Waals surface area contributed by atoms with Gasteiger partial charge in [-0.3, -0.25) is 4.79 Å². The largest absolute Gasteiger partial charge is 0.360 e. The Morgan fingerprint density at radius 1 is 1.26 bits per heavy atom. The van der Waals surface area contributed by atoms with E-state index in [1.54, 1.807) is 6.20 Å². The smallest absolute Gasteiger partial charge is 0.205 e. The minimum Gasteiger partial charge on any atom is -0.360 e. The van der Waals surface area contributed by atoms with Crippen LogP contribution in [0.1, 0.15) is 26.4 Å². The molecule has 4 heteroatoms. The number of aryl methyl sites for hydroxylation is 2. The fraction of sp³-hybridized carbons (Fsp3) is 0.133. The van der Waals surface area contributed by atoms with Crippen LogP contribution < -0.4 is 0 Å². The number of halogens is 1. The lowest BCUT2D eigenvalue weighted by Gasteiger charge is -1.97. The van der Waals surface area contributed by atoms with E-state index in [0.717, 1.165) is 30.7 Å². The molecule has 2 nitrogen and oxygen atoms in total. The summed E-state index contributed by atoms with van der Waals surface area (Å²) in [4.78, 5) is 16.5. The summed E-state index contributed by atoms with van der Waals surface area (Å²) >= 11 is 4.95. The highest BCUT2D eigenvalue weighted by Gasteiger charge is 2.17. The van der Waals surface area contributed by atoms with Crippen molar-refractivity contribution in [2.75, 3.05) is 0 Å². The molecule has 96 valence electrons. The number of aromatic nitrogens is 1. The summed E-state index contributed by atoms with van der Waals surface area (Å²) < 4.78 is 1.02. The average Bonchev–Trinajstić information content (AvgIpc) is 2.93. The van der Waals surface area contributed by atoms with E-state index >= 15 is 0 Å². The number of rotatable bonds is 2. The monoisotopic (exact) mass is 333 g/mol. The normalized spacial score (nSPS) is 11.1. The van der Waals surface area contributed by atoms with E-state index in [0.29, 0.717) is 0 Å². The summed E-state index contributed by atoms with van der Waals surface area (Å²) in [5.74, 6) is 0.0777. The second kappa shape index (κ2) is 4.62. The van der Waals surface area contributed by atoms with E-state index in [4.69, 9.17) is 0 Å². The van der Waals surface area contributed by atoms with E-state index < -0.39 is 0 Å². The average molecular weight is 334 g/mol. The molecule has 19 heavy (non-hydrogen) atoms. The Morgan fingerprint density at radius 3 is 2.74 bits per heavy atom. The molecule has 0 amide bonds. The van der Waals surface area contributed by atoms with E-state index in [-0.39, 0.29) is 5.78 Å². The van der Waals surface area contributed by atoms with Gasteiger partial charge in [0.25, 0.3) is 0 Å². The van der Waals surface area contributed by atoms with Gasteiger partial charge >= 0.3 is 0 Å². The first-order valence-corrected chi connectivity index (χ1v) is 7.55. The Kier molecular flexibility index (Phi) is 3.07. The second-order valence-corrected chi connectivity index (χ2v) is 7.02. The zero-order valence-electron chi connectivity index (χ0n) is 10.6. The third-order valence-corrected chi connectivity index (χ3v) is 5.30. The van der Waals surface area contributed by atoms with E-state index in [2.05, 4.69) is 27.0 Å². The topological polar surface area (TPSA) is 32.9 Å². The van der Waals surface area contributed by atoms with Gasteiger partial charge in [-0.2, -0.15) is 0 Å². The Bertz CT molecular complexity index is 765. The molecule has 2 heterocycles. The third-order valence-electron chi connectivity index (χ3n) is 3.16. The SMILES string of the molecule is Cc1ccc2c(C(=O)c3cc(C)c(Br)s3)c[nH]c2c1. The maximum absolute atomic E-state index is 12.5. The van der Waals surface area contributed by atoms with Gasteiger partial charge in [0.1, 0.15) is 0 Å². The standard InChI is InChI=1S/C15H12BrNOS/c1-8-3-4-10-11(7-17-12(10)5-8)14(18)13-6-9(2)15(16)19-13/h3-7,17H,1-2H3. The van der Waals surface area contributed by atoms with Gasteiger partial charge < -0.3 is 4.98 Å². The van der Waals surface area contributed by atoms with Gasteiger partial charge in [-0.25, -0.2) is 0 Å². The molecule has 1 N–H and O–H groups in total. The number of fused-ring (bicyclic) bond motifs is 1. The van der Waals surface area contributed by atoms with Crippen LogP contribution in [0.5, 0.6) is 0 Å². The molecular weight excluding hydrogens is 322 g/mol. The van der Waals surface area contributed by atoms with Crippen LogP contribution in [0.3, 0.4) is 0 Å². The quantitative estimate of drug-likeness (QED) is 0.668. The molecule has 0 bridgehead atoms. The first-order valence-electron chi connectivity index (χ1n) is 5.94. The van der Waals surface area contributed by atoms with Crippen molar-refractivity contribution in [1.29, 1.82) is 0 Å². The first-order chi connectivity index (χ1) is 9.06. The lowest BCUT2D eigenvalue weighted by molar-refractivity contribution is 0.104. The maximum atomic E-state index is 12.5. The van der Waals surface area contributed by atoms with Gasteiger partial charge in [-0.05, 0) is 53.0 Å². The van der Waals surface area contributed by atoms with Gasteiger partial charge in [0, 0.05) is 22.7 Å². The van der Waals surface area contributed by atoms with Crippen LogP contribution in [0.15, 0.2) is 34.2 Å². The molecule has 0 saturated carbocycles. The summed E-state index contributed by atoms with van der Waals surface area (Å²) in [6.45, 7) is 4.04. The van der Waals surface area contributed by atoms with Crippen LogP contribution in [0, 0.1) is 13.8 Å². The Labute approximate surface area is 123 Å². The zero-order valence-corrected chi connectivity index (χ0v) is 13.0. The summed E-state index contributed by atoms with van der Waals surface area (Å²) in [5.41, 5.74) is 4.03. The van der Waals surface area contributed by atoms with Crippen molar-refractivity contribution in [3.8, 4) is 0 Å². The van der Waals surface area contributed by atoms with Crippen LogP contribution in [0.2, 0.25) is 0 Å². The van der Waals surface area contributed by atoms with Crippen LogP contribution in [-0.2, 0) is 0 Å². The van der Waals surface area contributed by atoms with Gasteiger partial charge in [0.15, 0.2) is 0 Å². The fourth-order valence-corrected chi connectivity index (χ4v) is 3.62. The molecule has 3 aromatic rings. The molecule has 0 atom stereocenters. The maximum Gasteiger partial charge on any atom is 0.205 e. The number of carbonyl (C=O) groups is 1. The summed E-state index contributed by atoms with van der Waals surface area (Å²) in [5, 5.41) is 0.984. The van der Waals surface area contributed by atoms with Crippen molar-refractivity contribution in [1.82, 2.24) is 4.98 Å². The molecule has 0 fully saturated rings. The van der Waals surface area contributed by atoms with Crippen molar-refractivity contribution in [2.45, 2.75) is 13.8 Å². The summed E-state index contributed by atoms with van der Waals surface area (Å²) in [6, 6.07) is 8.03. The number of H-pyrrole nitrogens is 1. The van der Waals surface area contributed by atoms with Crippen LogP contribution in [0.4, 0.5) is 0 Å². The first kappa shape index (κ1) is 12.6. The molecule has 0 saturated heterocycles. The molecule has 0 aliphatic carbocycles. The number of carbonyl (C=O) groups excluding carboxylic acids is 1. The number of hydrogen-bond donors (Lipinski definition) is 1. The summed E-state index contributed by atoms with van der Waals surface area (Å²) in [7, 11) is 0.